The molecule has 1 aromatic heterocycles. The zero-order valence-corrected chi connectivity index (χ0v) is 12.7. The number of ether oxygens (including phenoxy) is 1. The summed E-state index contributed by atoms with van der Waals surface area (Å²) in [6.45, 7) is 0. The van der Waals surface area contributed by atoms with E-state index in [4.69, 9.17) is 16.3 Å². The molecule has 0 radical (unpaired) electrons. The number of benzene rings is 1. The molecule has 1 heterocycles. The standard InChI is InChI=1S/C12H12BrClN4O/c1-15-12-16-6-8(13)11(18-12)17-7-3-4-10(19-2)9(14)5-7/h3-6H,1-2H3,(H2,15,16,17,18). The Bertz CT molecular complexity index is 594. The fourth-order valence-corrected chi connectivity index (χ4v) is 2.00. The van der Waals surface area contributed by atoms with Crippen molar-refractivity contribution in [3.05, 3.63) is 33.9 Å². The van der Waals surface area contributed by atoms with Crippen molar-refractivity contribution in [3.8, 4) is 5.75 Å². The van der Waals surface area contributed by atoms with Gasteiger partial charge in [-0.25, -0.2) is 4.98 Å². The first-order chi connectivity index (χ1) is 9.13. The number of nitrogens with zero attached hydrogens (tertiary/aromatic N) is 2. The van der Waals surface area contributed by atoms with Crippen LogP contribution in [0.4, 0.5) is 17.5 Å². The van der Waals surface area contributed by atoms with Crippen molar-refractivity contribution in [3.63, 3.8) is 0 Å². The van der Waals surface area contributed by atoms with Gasteiger partial charge in [0.15, 0.2) is 0 Å². The fraction of sp³-hybridized carbons (Fsp3) is 0.167. The second-order valence-corrected chi connectivity index (χ2v) is 4.88. The highest BCUT2D eigenvalue weighted by molar-refractivity contribution is 9.10. The van der Waals surface area contributed by atoms with Crippen LogP contribution in [0.5, 0.6) is 5.75 Å². The van der Waals surface area contributed by atoms with Gasteiger partial charge >= 0.3 is 0 Å². The number of methoxy groups -OCH3 is 1. The molecule has 2 N–H and O–H groups in total. The molecule has 0 fully saturated rings. The minimum Gasteiger partial charge on any atom is -0.495 e. The highest BCUT2D eigenvalue weighted by atomic mass is 79.9. The second-order valence-electron chi connectivity index (χ2n) is 3.61. The quantitative estimate of drug-likeness (QED) is 0.886. The Morgan fingerprint density at radius 3 is 2.79 bits per heavy atom. The summed E-state index contributed by atoms with van der Waals surface area (Å²) in [5.74, 6) is 1.82. The van der Waals surface area contributed by atoms with E-state index in [9.17, 15) is 0 Å². The van der Waals surface area contributed by atoms with Crippen LogP contribution in [0.1, 0.15) is 0 Å². The highest BCUT2D eigenvalue weighted by Gasteiger charge is 2.07. The molecule has 0 aliphatic rings. The van der Waals surface area contributed by atoms with E-state index >= 15 is 0 Å². The average Bonchev–Trinajstić information content (AvgIpc) is 2.41. The van der Waals surface area contributed by atoms with Crippen LogP contribution in [0, 0.1) is 0 Å². The van der Waals surface area contributed by atoms with Crippen LogP contribution < -0.4 is 15.4 Å². The minimum absolute atomic E-state index is 0.533. The molecule has 0 bridgehead atoms. The lowest BCUT2D eigenvalue weighted by Crippen LogP contribution is -2.01. The molecule has 5 nitrogen and oxygen atoms in total. The zero-order valence-electron chi connectivity index (χ0n) is 10.4. The Morgan fingerprint density at radius 2 is 2.16 bits per heavy atom. The fourth-order valence-electron chi connectivity index (χ4n) is 1.46. The van der Waals surface area contributed by atoms with Crippen molar-refractivity contribution in [2.45, 2.75) is 0 Å². The van der Waals surface area contributed by atoms with Gasteiger partial charge in [-0.2, -0.15) is 4.98 Å². The van der Waals surface area contributed by atoms with Gasteiger partial charge in [-0.3, -0.25) is 0 Å². The van der Waals surface area contributed by atoms with Crippen molar-refractivity contribution in [2.75, 3.05) is 24.8 Å². The third-order valence-electron chi connectivity index (χ3n) is 2.38. The smallest absolute Gasteiger partial charge is 0.224 e. The van der Waals surface area contributed by atoms with E-state index in [1.165, 1.54) is 0 Å². The number of anilines is 3. The van der Waals surface area contributed by atoms with E-state index in [1.54, 1.807) is 32.5 Å². The van der Waals surface area contributed by atoms with Crippen molar-refractivity contribution >= 4 is 45.0 Å². The number of halogens is 2. The van der Waals surface area contributed by atoms with E-state index in [2.05, 4.69) is 36.5 Å². The third-order valence-corrected chi connectivity index (χ3v) is 3.26. The molecule has 2 rings (SSSR count). The Kier molecular flexibility index (Phi) is 4.44. The first-order valence-corrected chi connectivity index (χ1v) is 6.62. The SMILES string of the molecule is CNc1ncc(Br)c(Nc2ccc(OC)c(Cl)c2)n1. The molecular formula is C12H12BrClN4O. The van der Waals surface area contributed by atoms with Gasteiger partial charge in [0, 0.05) is 18.9 Å². The average molecular weight is 344 g/mol. The van der Waals surface area contributed by atoms with Crippen molar-refractivity contribution in [2.24, 2.45) is 0 Å². The summed E-state index contributed by atoms with van der Waals surface area (Å²) >= 11 is 9.46. The second kappa shape index (κ2) is 6.08. The highest BCUT2D eigenvalue weighted by Crippen LogP contribution is 2.30. The number of hydrogen-bond acceptors (Lipinski definition) is 5. The third kappa shape index (κ3) is 3.27. The molecule has 1 aromatic carbocycles. The molecule has 19 heavy (non-hydrogen) atoms. The van der Waals surface area contributed by atoms with Crippen LogP contribution in [0.2, 0.25) is 5.02 Å². The first kappa shape index (κ1) is 13.9. The van der Waals surface area contributed by atoms with E-state index in [0.717, 1.165) is 10.2 Å². The number of aromatic nitrogens is 2. The molecule has 0 aliphatic carbocycles. The summed E-state index contributed by atoms with van der Waals surface area (Å²) in [5, 5.41) is 6.58. The molecule has 0 atom stereocenters. The molecule has 0 saturated carbocycles. The normalized spacial score (nSPS) is 10.1. The summed E-state index contributed by atoms with van der Waals surface area (Å²) < 4.78 is 5.87. The molecule has 0 aliphatic heterocycles. The lowest BCUT2D eigenvalue weighted by atomic mass is 10.3. The van der Waals surface area contributed by atoms with Crippen LogP contribution in [-0.4, -0.2) is 24.1 Å². The molecule has 7 heteroatoms. The van der Waals surface area contributed by atoms with Crippen LogP contribution in [-0.2, 0) is 0 Å². The first-order valence-electron chi connectivity index (χ1n) is 5.45. The number of rotatable bonds is 4. The predicted molar refractivity (Wildman–Crippen MR) is 80.6 cm³/mol. The maximum absolute atomic E-state index is 6.07. The molecular weight excluding hydrogens is 332 g/mol. The van der Waals surface area contributed by atoms with Gasteiger partial charge in [-0.15, -0.1) is 0 Å². The van der Waals surface area contributed by atoms with Gasteiger partial charge in [-0.05, 0) is 34.1 Å². The van der Waals surface area contributed by atoms with Gasteiger partial charge in [0.2, 0.25) is 5.95 Å². The van der Waals surface area contributed by atoms with Gasteiger partial charge in [0.25, 0.3) is 0 Å². The molecule has 0 spiro atoms. The summed E-state index contributed by atoms with van der Waals surface area (Å²) in [6.07, 6.45) is 1.67. The summed E-state index contributed by atoms with van der Waals surface area (Å²) in [5.41, 5.74) is 0.812. The van der Waals surface area contributed by atoms with E-state index in [0.29, 0.717) is 22.5 Å². The lowest BCUT2D eigenvalue weighted by molar-refractivity contribution is 0.415. The summed E-state index contributed by atoms with van der Waals surface area (Å²) in [6, 6.07) is 5.42. The molecule has 100 valence electrons. The maximum Gasteiger partial charge on any atom is 0.224 e. The van der Waals surface area contributed by atoms with Crippen LogP contribution >= 0.6 is 27.5 Å². The number of hydrogen-bond donors (Lipinski definition) is 2. The van der Waals surface area contributed by atoms with E-state index in [1.807, 2.05) is 6.07 Å². The summed E-state index contributed by atoms with van der Waals surface area (Å²) in [7, 11) is 3.34. The van der Waals surface area contributed by atoms with Crippen molar-refractivity contribution < 1.29 is 4.74 Å². The van der Waals surface area contributed by atoms with Crippen LogP contribution in [0.3, 0.4) is 0 Å². The van der Waals surface area contributed by atoms with Crippen molar-refractivity contribution in [1.29, 1.82) is 0 Å². The Balaban J connectivity index is 2.28. The molecule has 2 aromatic rings. The molecule has 0 unspecified atom stereocenters. The summed E-state index contributed by atoms with van der Waals surface area (Å²) in [4.78, 5) is 8.39. The van der Waals surface area contributed by atoms with Crippen LogP contribution in [0.25, 0.3) is 0 Å². The Labute approximate surface area is 124 Å². The maximum atomic E-state index is 6.07. The number of nitrogens with one attached hydrogen (secondary N) is 2. The van der Waals surface area contributed by atoms with Crippen LogP contribution in [0.15, 0.2) is 28.9 Å². The monoisotopic (exact) mass is 342 g/mol. The van der Waals surface area contributed by atoms with E-state index in [-0.39, 0.29) is 0 Å². The lowest BCUT2D eigenvalue weighted by Gasteiger charge is -2.10. The van der Waals surface area contributed by atoms with Gasteiger partial charge in [-0.1, -0.05) is 11.6 Å². The molecule has 0 amide bonds. The Morgan fingerprint density at radius 1 is 1.37 bits per heavy atom. The van der Waals surface area contributed by atoms with Gasteiger partial charge in [0.1, 0.15) is 11.6 Å². The van der Waals surface area contributed by atoms with Gasteiger partial charge < -0.3 is 15.4 Å². The largest absolute Gasteiger partial charge is 0.495 e. The topological polar surface area (TPSA) is 59.1 Å². The van der Waals surface area contributed by atoms with E-state index < -0.39 is 0 Å². The van der Waals surface area contributed by atoms with Crippen molar-refractivity contribution in [1.82, 2.24) is 9.97 Å². The molecule has 0 saturated heterocycles. The predicted octanol–water partition coefficient (Wildman–Crippen LogP) is 3.69. The minimum atomic E-state index is 0.533. The Hall–Kier alpha value is -1.53. The van der Waals surface area contributed by atoms with Gasteiger partial charge in [0.05, 0.1) is 16.6 Å². The zero-order chi connectivity index (χ0) is 13.8.